The maximum absolute atomic E-state index is 5.84. The Kier molecular flexibility index (Phi) is 3.72. The van der Waals surface area contributed by atoms with Gasteiger partial charge in [-0.05, 0) is 43.4 Å². The lowest BCUT2D eigenvalue weighted by atomic mass is 10.1. The SMILES string of the molecule is CSc1cc(Oc2cc(C)c(N)cc2C)ncn1. The highest BCUT2D eigenvalue weighted by atomic mass is 32.2. The van der Waals surface area contributed by atoms with Crippen LogP contribution >= 0.6 is 11.8 Å². The molecule has 0 saturated heterocycles. The van der Waals surface area contributed by atoms with Gasteiger partial charge in [0.2, 0.25) is 5.88 Å². The van der Waals surface area contributed by atoms with Crippen molar-refractivity contribution in [2.45, 2.75) is 18.9 Å². The minimum absolute atomic E-state index is 0.543. The summed E-state index contributed by atoms with van der Waals surface area (Å²) in [7, 11) is 0. The highest BCUT2D eigenvalue weighted by Crippen LogP contribution is 2.28. The second-order valence-corrected chi connectivity index (χ2v) is 4.80. The van der Waals surface area contributed by atoms with Crippen LogP contribution in [0.15, 0.2) is 29.6 Å². The molecule has 0 amide bonds. The van der Waals surface area contributed by atoms with Crippen molar-refractivity contribution in [2.75, 3.05) is 12.0 Å². The molecule has 2 rings (SSSR count). The highest BCUT2D eigenvalue weighted by molar-refractivity contribution is 7.98. The summed E-state index contributed by atoms with van der Waals surface area (Å²) in [6.45, 7) is 3.91. The minimum Gasteiger partial charge on any atom is -0.439 e. The number of hydrogen-bond acceptors (Lipinski definition) is 5. The normalized spacial score (nSPS) is 10.4. The summed E-state index contributed by atoms with van der Waals surface area (Å²) in [4.78, 5) is 8.20. The van der Waals surface area contributed by atoms with Crippen molar-refractivity contribution in [3.8, 4) is 11.6 Å². The Morgan fingerprint density at radius 1 is 1.11 bits per heavy atom. The van der Waals surface area contributed by atoms with Crippen molar-refractivity contribution < 1.29 is 4.74 Å². The van der Waals surface area contributed by atoms with E-state index >= 15 is 0 Å². The summed E-state index contributed by atoms with van der Waals surface area (Å²) in [5.74, 6) is 1.31. The van der Waals surface area contributed by atoms with Crippen LogP contribution in [0.25, 0.3) is 0 Å². The van der Waals surface area contributed by atoms with Gasteiger partial charge in [-0.25, -0.2) is 9.97 Å². The molecule has 1 aromatic heterocycles. The molecule has 2 aromatic rings. The lowest BCUT2D eigenvalue weighted by molar-refractivity contribution is 0.455. The lowest BCUT2D eigenvalue weighted by Crippen LogP contribution is -1.95. The van der Waals surface area contributed by atoms with Crippen molar-refractivity contribution in [1.29, 1.82) is 0 Å². The number of hydrogen-bond donors (Lipinski definition) is 1. The van der Waals surface area contributed by atoms with E-state index in [0.717, 1.165) is 27.6 Å². The van der Waals surface area contributed by atoms with Gasteiger partial charge in [-0.15, -0.1) is 11.8 Å². The molecule has 0 aliphatic heterocycles. The van der Waals surface area contributed by atoms with Crippen molar-refractivity contribution in [1.82, 2.24) is 9.97 Å². The zero-order valence-electron chi connectivity index (χ0n) is 10.6. The first-order valence-corrected chi connectivity index (χ1v) is 6.73. The van der Waals surface area contributed by atoms with E-state index in [9.17, 15) is 0 Å². The molecule has 0 aliphatic carbocycles. The molecule has 0 unspecified atom stereocenters. The van der Waals surface area contributed by atoms with Gasteiger partial charge in [0.1, 0.15) is 17.1 Å². The van der Waals surface area contributed by atoms with Gasteiger partial charge in [-0.3, -0.25) is 0 Å². The number of benzene rings is 1. The largest absolute Gasteiger partial charge is 0.439 e. The van der Waals surface area contributed by atoms with E-state index < -0.39 is 0 Å². The van der Waals surface area contributed by atoms with Crippen molar-refractivity contribution in [2.24, 2.45) is 0 Å². The predicted molar refractivity (Wildman–Crippen MR) is 74.2 cm³/mol. The van der Waals surface area contributed by atoms with Crippen LogP contribution in [0, 0.1) is 13.8 Å². The van der Waals surface area contributed by atoms with E-state index in [4.69, 9.17) is 10.5 Å². The van der Waals surface area contributed by atoms with Crippen LogP contribution in [-0.4, -0.2) is 16.2 Å². The molecule has 0 aliphatic rings. The van der Waals surface area contributed by atoms with Crippen LogP contribution in [0.4, 0.5) is 5.69 Å². The van der Waals surface area contributed by atoms with Gasteiger partial charge in [0, 0.05) is 11.8 Å². The number of nitrogens with two attached hydrogens (primary N) is 1. The summed E-state index contributed by atoms with van der Waals surface area (Å²) in [5.41, 5.74) is 8.60. The van der Waals surface area contributed by atoms with Crippen molar-refractivity contribution >= 4 is 17.4 Å². The zero-order chi connectivity index (χ0) is 13.1. The predicted octanol–water partition coefficient (Wildman–Crippen LogP) is 3.19. The standard InChI is InChI=1S/C13H15N3OS/c1-8-5-11(9(2)4-10(8)14)17-12-6-13(18-3)16-7-15-12/h4-7H,14H2,1-3H3. The number of anilines is 1. The van der Waals surface area contributed by atoms with Crippen LogP contribution in [0.1, 0.15) is 11.1 Å². The fraction of sp³-hybridized carbons (Fsp3) is 0.231. The fourth-order valence-electron chi connectivity index (χ4n) is 1.52. The zero-order valence-corrected chi connectivity index (χ0v) is 11.4. The van der Waals surface area contributed by atoms with Crippen molar-refractivity contribution in [3.05, 3.63) is 35.7 Å². The Hall–Kier alpha value is -1.75. The number of ether oxygens (including phenoxy) is 1. The molecule has 1 aromatic carbocycles. The number of aromatic nitrogens is 2. The monoisotopic (exact) mass is 261 g/mol. The maximum atomic E-state index is 5.84. The van der Waals surface area contributed by atoms with Crippen LogP contribution in [0.2, 0.25) is 0 Å². The van der Waals surface area contributed by atoms with Gasteiger partial charge in [0.25, 0.3) is 0 Å². The summed E-state index contributed by atoms with van der Waals surface area (Å²) >= 11 is 1.55. The quantitative estimate of drug-likeness (QED) is 0.522. The van der Waals surface area contributed by atoms with Crippen LogP contribution in [0.5, 0.6) is 11.6 Å². The molecule has 0 spiro atoms. The molecule has 0 radical (unpaired) electrons. The van der Waals surface area contributed by atoms with E-state index in [0.29, 0.717) is 5.88 Å². The van der Waals surface area contributed by atoms with Crippen LogP contribution < -0.4 is 10.5 Å². The molecule has 0 saturated carbocycles. The van der Waals surface area contributed by atoms with Crippen LogP contribution in [0.3, 0.4) is 0 Å². The Morgan fingerprint density at radius 3 is 2.61 bits per heavy atom. The number of aryl methyl sites for hydroxylation is 2. The molecule has 5 heteroatoms. The molecule has 18 heavy (non-hydrogen) atoms. The molecule has 0 atom stereocenters. The molecule has 94 valence electrons. The van der Waals surface area contributed by atoms with E-state index in [1.165, 1.54) is 6.33 Å². The number of rotatable bonds is 3. The molecule has 0 fully saturated rings. The molecular weight excluding hydrogens is 246 g/mol. The van der Waals surface area contributed by atoms with Gasteiger partial charge in [-0.2, -0.15) is 0 Å². The molecule has 1 heterocycles. The number of nitrogen functional groups attached to an aromatic ring is 1. The summed E-state index contributed by atoms with van der Waals surface area (Å²) in [6.07, 6.45) is 3.46. The number of nitrogens with zero attached hydrogens (tertiary/aromatic N) is 2. The lowest BCUT2D eigenvalue weighted by Gasteiger charge is -2.10. The fourth-order valence-corrected chi connectivity index (χ4v) is 1.90. The minimum atomic E-state index is 0.543. The first-order valence-electron chi connectivity index (χ1n) is 5.50. The van der Waals surface area contributed by atoms with Gasteiger partial charge < -0.3 is 10.5 Å². The Bertz CT molecular complexity index is 572. The average Bonchev–Trinajstić information content (AvgIpc) is 2.36. The second-order valence-electron chi connectivity index (χ2n) is 3.97. The number of thioether (sulfide) groups is 1. The maximum Gasteiger partial charge on any atom is 0.223 e. The summed E-state index contributed by atoms with van der Waals surface area (Å²) < 4.78 is 5.77. The summed E-state index contributed by atoms with van der Waals surface area (Å²) in [6, 6.07) is 5.64. The van der Waals surface area contributed by atoms with Gasteiger partial charge in [0.05, 0.1) is 0 Å². The van der Waals surface area contributed by atoms with E-state index in [2.05, 4.69) is 9.97 Å². The molecule has 0 bridgehead atoms. The first-order chi connectivity index (χ1) is 8.60. The molecular formula is C13H15N3OS. The summed E-state index contributed by atoms with van der Waals surface area (Å²) in [5, 5.41) is 0.879. The van der Waals surface area contributed by atoms with Gasteiger partial charge in [0.15, 0.2) is 0 Å². The second kappa shape index (κ2) is 5.27. The first kappa shape index (κ1) is 12.7. The molecule has 4 nitrogen and oxygen atoms in total. The van der Waals surface area contributed by atoms with Crippen LogP contribution in [-0.2, 0) is 0 Å². The van der Waals surface area contributed by atoms with E-state index in [-0.39, 0.29) is 0 Å². The average molecular weight is 261 g/mol. The Balaban J connectivity index is 2.30. The van der Waals surface area contributed by atoms with E-state index in [1.54, 1.807) is 11.8 Å². The Labute approximate surface area is 111 Å². The highest BCUT2D eigenvalue weighted by Gasteiger charge is 2.06. The third-order valence-electron chi connectivity index (χ3n) is 2.60. The smallest absolute Gasteiger partial charge is 0.223 e. The van der Waals surface area contributed by atoms with Gasteiger partial charge in [-0.1, -0.05) is 0 Å². The Morgan fingerprint density at radius 2 is 1.89 bits per heavy atom. The van der Waals surface area contributed by atoms with Gasteiger partial charge >= 0.3 is 0 Å². The third-order valence-corrected chi connectivity index (χ3v) is 3.25. The molecule has 2 N–H and O–H groups in total. The third kappa shape index (κ3) is 2.73. The topological polar surface area (TPSA) is 61.0 Å². The van der Waals surface area contributed by atoms with E-state index in [1.807, 2.05) is 38.3 Å². The van der Waals surface area contributed by atoms with Crippen molar-refractivity contribution in [3.63, 3.8) is 0 Å².